The highest BCUT2D eigenvalue weighted by atomic mass is 19.1. The van der Waals surface area contributed by atoms with Crippen LogP contribution in [-0.2, 0) is 10.2 Å². The molecule has 3 aliphatic rings. The molecule has 0 atom stereocenters. The minimum Gasteiger partial charge on any atom is -0.336 e. The van der Waals surface area contributed by atoms with Crippen molar-refractivity contribution < 1.29 is 9.18 Å². The zero-order valence-corrected chi connectivity index (χ0v) is 33.7. The molecule has 0 radical (unpaired) electrons. The minimum absolute atomic E-state index is 0.0348. The molecule has 8 nitrogen and oxygen atoms in total. The van der Waals surface area contributed by atoms with Crippen LogP contribution in [0, 0.1) is 5.82 Å². The lowest BCUT2D eigenvalue weighted by Crippen LogP contribution is -2.83. The zero-order chi connectivity index (χ0) is 38.1. The largest absolute Gasteiger partial charge is 0.336 e. The van der Waals surface area contributed by atoms with Crippen molar-refractivity contribution in [2.24, 2.45) is 0 Å². The fourth-order valence-corrected chi connectivity index (χ4v) is 10.1. The van der Waals surface area contributed by atoms with Gasteiger partial charge in [0.1, 0.15) is 36.9 Å². The van der Waals surface area contributed by atoms with Crippen molar-refractivity contribution >= 4 is 113 Å². The second-order valence-corrected chi connectivity index (χ2v) is 19.1. The Morgan fingerprint density at radius 1 is 0.885 bits per heavy atom. The van der Waals surface area contributed by atoms with Crippen LogP contribution in [0.5, 0.6) is 0 Å². The SMILES string of the molecule is BC1(B)N([C@H]2C[C@@H](N3C(=O)C(C)(C)c4ccc(-c5cc6ncn(C(C)C)c6c(Nc6ccncc6F)n5)cc43)C2)C(B)(B)C(B)(B)C(B)(B)C1(B)B. The molecule has 1 aliphatic carbocycles. The maximum absolute atomic E-state index is 14.8. The molecular weight excluding hydrogens is 638 g/mol. The first-order valence-corrected chi connectivity index (χ1v) is 19.0. The van der Waals surface area contributed by atoms with Gasteiger partial charge < -0.3 is 19.7 Å². The number of piperidine rings is 1. The summed E-state index contributed by atoms with van der Waals surface area (Å²) >= 11 is 0. The Balaban J connectivity index is 1.26. The van der Waals surface area contributed by atoms with Crippen LogP contribution in [0.4, 0.5) is 21.6 Å². The fraction of sp³-hybridized carbons (Fsp3) is 0.455. The number of carbonyl (C=O) groups excluding carboxylic acids is 1. The van der Waals surface area contributed by atoms with Crippen LogP contribution < -0.4 is 10.2 Å². The quantitative estimate of drug-likeness (QED) is 0.212. The summed E-state index contributed by atoms with van der Waals surface area (Å²) in [7, 11) is 24.4. The number of amides is 1. The highest BCUT2D eigenvalue weighted by molar-refractivity contribution is 6.69. The minimum atomic E-state index is -0.643. The summed E-state index contributed by atoms with van der Waals surface area (Å²) in [5.74, 6) is 0.204. The van der Waals surface area contributed by atoms with Gasteiger partial charge in [-0.05, 0) is 75.0 Å². The summed E-state index contributed by atoms with van der Waals surface area (Å²) < 4.78 is 16.9. The molecule has 0 bridgehead atoms. The van der Waals surface area contributed by atoms with Crippen LogP contribution in [0.3, 0.4) is 0 Å². The predicted octanol–water partition coefficient (Wildman–Crippen LogP) is -3.59. The van der Waals surface area contributed by atoms with E-state index in [0.29, 0.717) is 23.2 Å². The van der Waals surface area contributed by atoms with Crippen molar-refractivity contribution in [2.75, 3.05) is 10.2 Å². The average molecular weight is 686 g/mol. The predicted molar refractivity (Wildman–Crippen MR) is 239 cm³/mol. The van der Waals surface area contributed by atoms with E-state index in [-0.39, 0.29) is 44.3 Å². The van der Waals surface area contributed by atoms with Crippen molar-refractivity contribution in [1.29, 1.82) is 0 Å². The highest BCUT2D eigenvalue weighted by Gasteiger charge is 2.68. The molecule has 2 fully saturated rings. The third-order valence-corrected chi connectivity index (χ3v) is 15.3. The van der Waals surface area contributed by atoms with Gasteiger partial charge in [-0.2, -0.15) is 0 Å². The Labute approximate surface area is 317 Å². The third kappa shape index (κ3) is 4.88. The Morgan fingerprint density at radius 2 is 1.52 bits per heavy atom. The second-order valence-electron chi connectivity index (χ2n) is 19.1. The molecule has 7 rings (SSSR count). The van der Waals surface area contributed by atoms with E-state index in [1.54, 1.807) is 12.3 Å². The van der Waals surface area contributed by atoms with Crippen molar-refractivity contribution in [2.45, 2.75) is 90.4 Å². The Kier molecular flexibility index (Phi) is 8.32. The van der Waals surface area contributed by atoms with Gasteiger partial charge in [-0.3, -0.25) is 9.78 Å². The highest BCUT2D eigenvalue weighted by Crippen LogP contribution is 2.70. The smallest absolute Gasteiger partial charge is 0.237 e. The molecule has 0 unspecified atom stereocenters. The third-order valence-electron chi connectivity index (χ3n) is 15.3. The number of anilines is 3. The average Bonchev–Trinajstić information content (AvgIpc) is 3.55. The van der Waals surface area contributed by atoms with Gasteiger partial charge in [-0.15, -0.1) is 5.21 Å². The number of pyridine rings is 2. The Bertz CT molecular complexity index is 2090. The van der Waals surface area contributed by atoms with Gasteiger partial charge in [-0.25, -0.2) is 14.4 Å². The maximum atomic E-state index is 14.8. The maximum Gasteiger partial charge on any atom is 0.237 e. The van der Waals surface area contributed by atoms with Crippen LogP contribution in [0.2, 0.25) is 15.6 Å². The van der Waals surface area contributed by atoms with Crippen LogP contribution in [0.15, 0.2) is 49.1 Å². The van der Waals surface area contributed by atoms with Crippen molar-refractivity contribution in [3.05, 3.63) is 60.4 Å². The lowest BCUT2D eigenvalue weighted by molar-refractivity contribution is -0.123. The topological polar surface area (TPSA) is 79.2 Å². The second kappa shape index (κ2) is 11.6. The summed E-state index contributed by atoms with van der Waals surface area (Å²) in [6.07, 6.45) is 6.40. The summed E-state index contributed by atoms with van der Waals surface area (Å²) in [6.45, 7) is 8.26. The number of benzene rings is 1. The van der Waals surface area contributed by atoms with Gasteiger partial charge in [0, 0.05) is 35.6 Å². The normalized spacial score (nSPS) is 25.1. The van der Waals surface area contributed by atoms with Gasteiger partial charge in [0.25, 0.3) is 0 Å². The van der Waals surface area contributed by atoms with Crippen LogP contribution >= 0.6 is 0 Å². The number of imidazole rings is 1. The van der Waals surface area contributed by atoms with E-state index in [1.807, 2.05) is 30.8 Å². The summed E-state index contributed by atoms with van der Waals surface area (Å²) in [5, 5.41) is 3.26. The molecule has 52 heavy (non-hydrogen) atoms. The van der Waals surface area contributed by atoms with Crippen molar-refractivity contribution in [3.8, 4) is 11.3 Å². The van der Waals surface area contributed by atoms with Gasteiger partial charge in [0.15, 0.2) is 11.6 Å². The molecular formula is C33H48B10FN7O. The van der Waals surface area contributed by atoms with E-state index >= 15 is 0 Å². The molecule has 3 aromatic heterocycles. The van der Waals surface area contributed by atoms with E-state index < -0.39 is 11.2 Å². The molecule has 0 spiro atoms. The first-order chi connectivity index (χ1) is 24.0. The van der Waals surface area contributed by atoms with E-state index in [1.165, 1.54) is 6.20 Å². The number of rotatable bonds is 6. The van der Waals surface area contributed by atoms with Crippen molar-refractivity contribution in [1.82, 2.24) is 24.4 Å². The molecule has 2 aliphatic heterocycles. The van der Waals surface area contributed by atoms with Gasteiger partial charge in [0.2, 0.25) is 5.91 Å². The lowest BCUT2D eigenvalue weighted by atomic mass is 9.05. The molecule has 1 aromatic carbocycles. The van der Waals surface area contributed by atoms with Crippen LogP contribution in [0.1, 0.15) is 52.1 Å². The number of halogens is 1. The van der Waals surface area contributed by atoms with Crippen LogP contribution in [0.25, 0.3) is 22.3 Å². The molecule has 5 heterocycles. The molecule has 19 heteroatoms. The Morgan fingerprint density at radius 3 is 2.12 bits per heavy atom. The molecule has 258 valence electrons. The number of nitrogens with one attached hydrogen (secondary N) is 1. The Hall–Kier alpha value is -3.20. The fourth-order valence-electron chi connectivity index (χ4n) is 10.1. The van der Waals surface area contributed by atoms with Gasteiger partial charge in [0.05, 0.1) is 81.9 Å². The van der Waals surface area contributed by atoms with Crippen LogP contribution in [-0.4, -0.2) is 132 Å². The summed E-state index contributed by atoms with van der Waals surface area (Å²) in [5.41, 5.74) is 4.78. The van der Waals surface area contributed by atoms with E-state index in [0.717, 1.165) is 40.7 Å². The molecule has 1 amide bonds. The number of aromatic nitrogens is 4. The number of hydrogen-bond donors (Lipinski definition) is 1. The molecule has 4 aromatic rings. The number of nitrogens with zero attached hydrogens (tertiary/aromatic N) is 6. The van der Waals surface area contributed by atoms with Crippen molar-refractivity contribution in [3.63, 3.8) is 0 Å². The number of carbonyl (C=O) groups is 1. The first kappa shape index (κ1) is 37.1. The zero-order valence-electron chi connectivity index (χ0n) is 33.7. The first-order valence-electron chi connectivity index (χ1n) is 19.0. The molecule has 1 saturated carbocycles. The molecule has 1 saturated heterocycles. The number of likely N-dealkylation sites (tertiary alicyclic amines) is 1. The monoisotopic (exact) mass is 687 g/mol. The molecule has 1 N–H and O–H groups in total. The van der Waals surface area contributed by atoms with E-state index in [9.17, 15) is 9.18 Å². The van der Waals surface area contributed by atoms with Gasteiger partial charge in [-0.1, -0.05) is 22.6 Å². The number of fused-ring (bicyclic) bond motifs is 2. The summed E-state index contributed by atoms with van der Waals surface area (Å²) in [6, 6.07) is 10.4. The lowest BCUT2D eigenvalue weighted by Gasteiger charge is -2.79. The van der Waals surface area contributed by atoms with Gasteiger partial charge >= 0.3 is 0 Å². The van der Waals surface area contributed by atoms with E-state index in [2.05, 4.69) is 131 Å². The summed E-state index contributed by atoms with van der Waals surface area (Å²) in [4.78, 5) is 33.0. The number of hydrogen-bond acceptors (Lipinski definition) is 6. The van der Waals surface area contributed by atoms with E-state index in [4.69, 9.17) is 9.97 Å². The standard InChI is InChI=1S/C33H48B10FN7O/c1-15(2)49-14-46-23-12-22(48-26(25(23)49)47-21-7-8-45-13-20(21)44)16-5-6-19-24(9-16)50(27(52)28(19,3)4)17-10-18(11-17)51-32(40,41)30(36,37)29(34,35)31(38,39)33(51,42)43/h5-9,12-15,17-18H,10-11,34-43H2,1-4H3,(H,45,47,48)/t17-,18+.